The van der Waals surface area contributed by atoms with Gasteiger partial charge in [0, 0.05) is 38.4 Å². The van der Waals surface area contributed by atoms with Gasteiger partial charge in [0.15, 0.2) is 0 Å². The monoisotopic (exact) mass is 745 g/mol. The van der Waals surface area contributed by atoms with E-state index in [-0.39, 0.29) is 39.9 Å². The number of aromatic nitrogens is 3. The van der Waals surface area contributed by atoms with Gasteiger partial charge < -0.3 is 30.3 Å². The van der Waals surface area contributed by atoms with E-state index in [1.54, 1.807) is 36.8 Å². The second-order valence-corrected chi connectivity index (χ2v) is 8.95. The van der Waals surface area contributed by atoms with Crippen molar-refractivity contribution in [2.75, 3.05) is 0 Å². The fourth-order valence-corrected chi connectivity index (χ4v) is 3.71. The maximum absolute atomic E-state index is 8.86. The molecule has 0 aliphatic heterocycles. The summed E-state index contributed by atoms with van der Waals surface area (Å²) in [5, 5.41) is 26.6. The Hall–Kier alpha value is -4.36. The molecule has 0 spiro atoms. The first-order valence-electron chi connectivity index (χ1n) is 13.3. The van der Waals surface area contributed by atoms with Crippen LogP contribution in [0.1, 0.15) is 16.7 Å². The van der Waals surface area contributed by atoms with E-state index < -0.39 is 0 Å². The second-order valence-electron chi connectivity index (χ2n) is 8.95. The van der Waals surface area contributed by atoms with E-state index in [2.05, 4.69) is 33.2 Å². The van der Waals surface area contributed by atoms with Crippen molar-refractivity contribution in [3.05, 3.63) is 163 Å². The van der Waals surface area contributed by atoms with Crippen molar-refractivity contribution in [2.24, 2.45) is 0 Å². The molecule has 0 unspecified atom stereocenters. The molecule has 6 rings (SSSR count). The van der Waals surface area contributed by atoms with Crippen molar-refractivity contribution in [1.29, 1.82) is 0 Å². The molecular formula is C36H30IrN3O3. The zero-order valence-electron chi connectivity index (χ0n) is 23.3. The van der Waals surface area contributed by atoms with Gasteiger partial charge in [-0.2, -0.15) is 0 Å². The minimum Gasteiger partial charge on any atom is -0.401 e. The summed E-state index contributed by atoms with van der Waals surface area (Å²) in [6.07, 6.45) is 5.26. The number of hydrogen-bond donors (Lipinski definition) is 3. The van der Waals surface area contributed by atoms with Crippen LogP contribution in [-0.2, 0) is 39.9 Å². The van der Waals surface area contributed by atoms with Crippen LogP contribution in [-0.4, -0.2) is 30.3 Å². The van der Waals surface area contributed by atoms with E-state index in [4.69, 9.17) is 15.3 Å². The topological polar surface area (TPSA) is 99.4 Å². The molecule has 3 aromatic carbocycles. The van der Waals surface area contributed by atoms with Gasteiger partial charge in [-0.1, -0.05) is 36.4 Å². The van der Waals surface area contributed by atoms with E-state index in [9.17, 15) is 0 Å². The quantitative estimate of drug-likeness (QED) is 0.178. The maximum Gasteiger partial charge on any atom is 3.00 e. The maximum atomic E-state index is 8.86. The Balaban J connectivity index is 0.000000175. The average Bonchev–Trinajstić information content (AvgIpc) is 3.10. The molecule has 216 valence electrons. The third kappa shape index (κ3) is 10.4. The number of hydrogen-bond acceptors (Lipinski definition) is 6. The third-order valence-corrected chi connectivity index (χ3v) is 6.00. The summed E-state index contributed by atoms with van der Waals surface area (Å²) in [6.45, 7) is 0.164. The Bertz CT molecular complexity index is 1390. The zero-order valence-corrected chi connectivity index (χ0v) is 25.7. The van der Waals surface area contributed by atoms with Crippen molar-refractivity contribution in [3.63, 3.8) is 0 Å². The van der Waals surface area contributed by atoms with E-state index in [0.717, 1.165) is 50.5 Å². The van der Waals surface area contributed by atoms with Gasteiger partial charge in [0.1, 0.15) is 0 Å². The molecule has 6 nitrogen and oxygen atoms in total. The first-order chi connectivity index (χ1) is 20.7. The normalized spacial score (nSPS) is 9.84. The van der Waals surface area contributed by atoms with Gasteiger partial charge in [0.05, 0.1) is 0 Å². The van der Waals surface area contributed by atoms with Gasteiger partial charge >= 0.3 is 20.1 Å². The molecule has 0 radical (unpaired) electrons. The Kier molecular flexibility index (Phi) is 14.1. The van der Waals surface area contributed by atoms with Gasteiger partial charge in [-0.3, -0.25) is 0 Å². The molecule has 0 atom stereocenters. The first-order valence-corrected chi connectivity index (χ1v) is 13.3. The predicted molar refractivity (Wildman–Crippen MR) is 163 cm³/mol. The van der Waals surface area contributed by atoms with Crippen LogP contribution in [0.25, 0.3) is 33.8 Å². The second kappa shape index (κ2) is 18.2. The van der Waals surface area contributed by atoms with Crippen LogP contribution in [0.3, 0.4) is 0 Å². The fourth-order valence-electron chi connectivity index (χ4n) is 3.71. The Morgan fingerprint density at radius 1 is 0.419 bits per heavy atom. The van der Waals surface area contributed by atoms with E-state index in [1.165, 1.54) is 0 Å². The van der Waals surface area contributed by atoms with Crippen molar-refractivity contribution in [3.8, 4) is 33.8 Å². The summed E-state index contributed by atoms with van der Waals surface area (Å²) in [5.41, 5.74) is 8.14. The molecule has 6 aromatic rings. The number of benzene rings is 3. The summed E-state index contributed by atoms with van der Waals surface area (Å²) in [7, 11) is 0. The summed E-state index contributed by atoms with van der Waals surface area (Å²) in [5.74, 6) is 0. The molecule has 7 heteroatoms. The molecule has 3 aromatic heterocycles. The first kappa shape index (κ1) is 33.1. The molecule has 43 heavy (non-hydrogen) atoms. The zero-order chi connectivity index (χ0) is 29.4. The van der Waals surface area contributed by atoms with Crippen LogP contribution >= 0.6 is 0 Å². The largest absolute Gasteiger partial charge is 3.00 e. The molecule has 3 N–H and O–H groups in total. The summed E-state index contributed by atoms with van der Waals surface area (Å²) in [4.78, 5) is 12.6. The Morgan fingerprint density at radius 2 is 0.721 bits per heavy atom. The number of pyridine rings is 3. The summed E-state index contributed by atoms with van der Waals surface area (Å²) >= 11 is 0. The summed E-state index contributed by atoms with van der Waals surface area (Å²) < 4.78 is 0. The molecule has 3 heterocycles. The van der Waals surface area contributed by atoms with Gasteiger partial charge in [-0.15, -0.1) is 106 Å². The molecule has 0 aliphatic rings. The average molecular weight is 745 g/mol. The Labute approximate surface area is 265 Å². The molecule has 0 bridgehead atoms. The molecule has 0 saturated carbocycles. The SMILES string of the molecule is OCc1c[c-]c(-c2ccccn2)cc1.OCc1c[c-]c(-c2ccccn2)cc1.OCc1c[c-]c(-c2ccccn2)cc1.[Ir+3]. The standard InChI is InChI=1S/3C12H10NO.Ir/c3*14-9-10-4-6-11(7-5-10)12-3-1-2-8-13-12;/h3*1-6,8,14H,9H2;/q3*-1;+3. The molecule has 0 fully saturated rings. The Morgan fingerprint density at radius 3 is 0.907 bits per heavy atom. The van der Waals surface area contributed by atoms with E-state index in [0.29, 0.717) is 0 Å². The van der Waals surface area contributed by atoms with Crippen molar-refractivity contribution in [1.82, 2.24) is 15.0 Å². The van der Waals surface area contributed by atoms with Gasteiger partial charge in [0.25, 0.3) is 0 Å². The van der Waals surface area contributed by atoms with Gasteiger partial charge in [-0.25, -0.2) is 0 Å². The molecule has 0 saturated heterocycles. The van der Waals surface area contributed by atoms with Crippen LogP contribution in [0.5, 0.6) is 0 Å². The van der Waals surface area contributed by atoms with Crippen LogP contribution in [0.4, 0.5) is 0 Å². The van der Waals surface area contributed by atoms with Gasteiger partial charge in [-0.05, 0) is 35.3 Å². The minimum atomic E-state index is 0. The molecule has 0 aliphatic carbocycles. The van der Waals surface area contributed by atoms with Gasteiger partial charge in [0.2, 0.25) is 0 Å². The number of aliphatic hydroxyl groups is 3. The van der Waals surface area contributed by atoms with Crippen molar-refractivity contribution >= 4 is 0 Å². The van der Waals surface area contributed by atoms with Crippen LogP contribution < -0.4 is 0 Å². The van der Waals surface area contributed by atoms with E-state index in [1.807, 2.05) is 91.0 Å². The van der Waals surface area contributed by atoms with Crippen LogP contribution in [0.15, 0.2) is 128 Å². The third-order valence-electron chi connectivity index (χ3n) is 6.00. The number of aliphatic hydroxyl groups excluding tert-OH is 3. The molecular weight excluding hydrogens is 715 g/mol. The number of nitrogens with zero attached hydrogens (tertiary/aromatic N) is 3. The van der Waals surface area contributed by atoms with Crippen LogP contribution in [0, 0.1) is 18.2 Å². The number of rotatable bonds is 6. The minimum absolute atomic E-state index is 0. The van der Waals surface area contributed by atoms with E-state index >= 15 is 0 Å². The van der Waals surface area contributed by atoms with Crippen molar-refractivity contribution < 1.29 is 35.4 Å². The smallest absolute Gasteiger partial charge is 0.401 e. The van der Waals surface area contributed by atoms with Crippen molar-refractivity contribution in [2.45, 2.75) is 19.8 Å². The summed E-state index contributed by atoms with van der Waals surface area (Å²) in [6, 6.07) is 43.2. The fraction of sp³-hybridized carbons (Fsp3) is 0.0833. The van der Waals surface area contributed by atoms with Crippen LogP contribution in [0.2, 0.25) is 0 Å². The molecule has 0 amide bonds. The predicted octanol–water partition coefficient (Wildman–Crippen LogP) is 6.12.